The molecule has 0 aliphatic heterocycles. The summed E-state index contributed by atoms with van der Waals surface area (Å²) in [7, 11) is 0. The Bertz CT molecular complexity index is 363. The van der Waals surface area contributed by atoms with Crippen molar-refractivity contribution in [2.45, 2.75) is 12.6 Å². The highest BCUT2D eigenvalue weighted by Crippen LogP contribution is 2.30. The highest BCUT2D eigenvalue weighted by molar-refractivity contribution is 9.09. The van der Waals surface area contributed by atoms with Crippen molar-refractivity contribution in [3.63, 3.8) is 0 Å². The Labute approximate surface area is 110 Å². The van der Waals surface area contributed by atoms with Gasteiger partial charge < -0.3 is 4.90 Å². The normalized spacial score (nSPS) is 11.9. The third-order valence-corrected chi connectivity index (χ3v) is 2.63. The minimum atomic E-state index is -4.42. The molecule has 7 heteroatoms. The van der Waals surface area contributed by atoms with Gasteiger partial charge >= 0.3 is 6.18 Å². The van der Waals surface area contributed by atoms with Gasteiger partial charge in [0.1, 0.15) is 0 Å². The van der Waals surface area contributed by atoms with E-state index in [0.717, 1.165) is 12.1 Å². The molecule has 1 aromatic rings. The van der Waals surface area contributed by atoms with Gasteiger partial charge in [0.25, 0.3) is 6.43 Å². The van der Waals surface area contributed by atoms with Gasteiger partial charge in [-0.25, -0.2) is 8.78 Å². The molecule has 1 aromatic carbocycles. The molecule has 0 N–H and O–H groups in total. The average Bonchev–Trinajstić information content (AvgIpc) is 2.27. The predicted octanol–water partition coefficient (Wildman–Crippen LogP) is 4.17. The first-order valence-corrected chi connectivity index (χ1v) is 6.23. The molecule has 0 aliphatic rings. The Hall–Kier alpha value is -0.850. The van der Waals surface area contributed by atoms with Crippen LogP contribution in [-0.2, 0) is 6.18 Å². The Balaban J connectivity index is 2.86. The van der Waals surface area contributed by atoms with Crippen molar-refractivity contribution >= 4 is 21.6 Å². The van der Waals surface area contributed by atoms with E-state index < -0.39 is 24.7 Å². The van der Waals surface area contributed by atoms with Crippen LogP contribution >= 0.6 is 15.9 Å². The smallest absolute Gasteiger partial charge is 0.365 e. The average molecular weight is 332 g/mol. The van der Waals surface area contributed by atoms with Crippen LogP contribution in [0.3, 0.4) is 0 Å². The van der Waals surface area contributed by atoms with Crippen LogP contribution in [0.2, 0.25) is 0 Å². The summed E-state index contributed by atoms with van der Waals surface area (Å²) in [6.45, 7) is -0.202. The van der Waals surface area contributed by atoms with Crippen molar-refractivity contribution in [1.29, 1.82) is 0 Å². The molecule has 18 heavy (non-hydrogen) atoms. The monoisotopic (exact) mass is 331 g/mol. The lowest BCUT2D eigenvalue weighted by atomic mass is 10.2. The zero-order valence-corrected chi connectivity index (χ0v) is 10.8. The molecule has 0 saturated heterocycles. The molecular formula is C11H11BrF5N. The number of halogens is 6. The summed E-state index contributed by atoms with van der Waals surface area (Å²) in [6, 6.07) is 4.19. The number of rotatable bonds is 5. The second-order valence-corrected chi connectivity index (χ2v) is 4.36. The first-order valence-electron chi connectivity index (χ1n) is 5.11. The third kappa shape index (κ3) is 4.44. The minimum absolute atomic E-state index is 0.301. The van der Waals surface area contributed by atoms with Gasteiger partial charge in [-0.05, 0) is 24.3 Å². The Morgan fingerprint density at radius 1 is 1.11 bits per heavy atom. The van der Waals surface area contributed by atoms with Crippen LogP contribution < -0.4 is 4.90 Å². The summed E-state index contributed by atoms with van der Waals surface area (Å²) in [5.41, 5.74) is -0.440. The standard InChI is InChI=1S/C11H11BrF5N/c12-5-6-18(7-10(13)14)9-3-1-8(2-4-9)11(15,16)17/h1-4,10H,5-7H2. The number of hydrogen-bond acceptors (Lipinski definition) is 1. The fraction of sp³-hybridized carbons (Fsp3) is 0.455. The number of nitrogens with zero attached hydrogens (tertiary/aromatic N) is 1. The molecule has 0 unspecified atom stereocenters. The van der Waals surface area contributed by atoms with Crippen LogP contribution in [0.5, 0.6) is 0 Å². The van der Waals surface area contributed by atoms with Gasteiger partial charge in [0.2, 0.25) is 0 Å². The van der Waals surface area contributed by atoms with E-state index in [1.165, 1.54) is 17.0 Å². The van der Waals surface area contributed by atoms with Gasteiger partial charge in [0.05, 0.1) is 12.1 Å². The molecule has 0 aliphatic carbocycles. The first kappa shape index (κ1) is 15.2. The number of anilines is 1. The van der Waals surface area contributed by atoms with E-state index in [9.17, 15) is 22.0 Å². The molecule has 0 spiro atoms. The van der Waals surface area contributed by atoms with E-state index in [-0.39, 0.29) is 0 Å². The molecule has 1 nitrogen and oxygen atoms in total. The van der Waals surface area contributed by atoms with Crippen molar-refractivity contribution in [3.8, 4) is 0 Å². The van der Waals surface area contributed by atoms with Gasteiger partial charge in [-0.3, -0.25) is 0 Å². The number of hydrogen-bond donors (Lipinski definition) is 0. The SMILES string of the molecule is FC(F)CN(CCBr)c1ccc(C(F)(F)F)cc1. The molecule has 0 fully saturated rings. The van der Waals surface area contributed by atoms with Crippen molar-refractivity contribution in [1.82, 2.24) is 0 Å². The predicted molar refractivity (Wildman–Crippen MR) is 63.5 cm³/mol. The maximum absolute atomic E-state index is 12.3. The van der Waals surface area contributed by atoms with Gasteiger partial charge in [-0.1, -0.05) is 15.9 Å². The van der Waals surface area contributed by atoms with E-state index in [0.29, 0.717) is 17.6 Å². The van der Waals surface area contributed by atoms with Gasteiger partial charge in [0, 0.05) is 17.6 Å². The molecule has 1 rings (SSSR count). The fourth-order valence-corrected chi connectivity index (χ4v) is 1.88. The largest absolute Gasteiger partial charge is 0.416 e. The maximum atomic E-state index is 12.3. The second-order valence-electron chi connectivity index (χ2n) is 3.57. The van der Waals surface area contributed by atoms with E-state index in [1.807, 2.05) is 0 Å². The highest BCUT2D eigenvalue weighted by Gasteiger charge is 2.30. The quantitative estimate of drug-likeness (QED) is 0.578. The van der Waals surface area contributed by atoms with E-state index >= 15 is 0 Å². The van der Waals surface area contributed by atoms with Crippen LogP contribution in [0.15, 0.2) is 24.3 Å². The summed E-state index contributed by atoms with van der Waals surface area (Å²) < 4.78 is 61.7. The Morgan fingerprint density at radius 3 is 2.06 bits per heavy atom. The topological polar surface area (TPSA) is 3.24 Å². The summed E-state index contributed by atoms with van der Waals surface area (Å²) >= 11 is 3.12. The minimum Gasteiger partial charge on any atom is -0.365 e. The van der Waals surface area contributed by atoms with Crippen LogP contribution in [0.25, 0.3) is 0 Å². The summed E-state index contributed by atoms with van der Waals surface area (Å²) in [5.74, 6) is 0. The van der Waals surface area contributed by atoms with E-state index in [2.05, 4.69) is 15.9 Å². The molecule has 102 valence electrons. The van der Waals surface area contributed by atoms with Crippen LogP contribution in [0, 0.1) is 0 Å². The Morgan fingerprint density at radius 2 is 1.67 bits per heavy atom. The van der Waals surface area contributed by atoms with E-state index in [4.69, 9.17) is 0 Å². The molecule has 0 heterocycles. The summed E-state index contributed by atoms with van der Waals surface area (Å²) in [5, 5.41) is 0.459. The van der Waals surface area contributed by atoms with Crippen molar-refractivity contribution in [2.24, 2.45) is 0 Å². The lowest BCUT2D eigenvalue weighted by molar-refractivity contribution is -0.137. The van der Waals surface area contributed by atoms with Crippen molar-refractivity contribution in [2.75, 3.05) is 23.3 Å². The zero-order valence-electron chi connectivity index (χ0n) is 9.22. The van der Waals surface area contributed by atoms with Crippen molar-refractivity contribution < 1.29 is 22.0 Å². The molecule has 0 amide bonds. The maximum Gasteiger partial charge on any atom is 0.416 e. The summed E-state index contributed by atoms with van der Waals surface area (Å²) in [6.07, 6.45) is -6.95. The van der Waals surface area contributed by atoms with Gasteiger partial charge in [0.15, 0.2) is 0 Å². The van der Waals surface area contributed by atoms with Crippen LogP contribution in [0.1, 0.15) is 5.56 Å². The van der Waals surface area contributed by atoms with Crippen LogP contribution in [0.4, 0.5) is 27.6 Å². The van der Waals surface area contributed by atoms with Crippen molar-refractivity contribution in [3.05, 3.63) is 29.8 Å². The van der Waals surface area contributed by atoms with Gasteiger partial charge in [-0.2, -0.15) is 13.2 Å². The molecule has 0 atom stereocenters. The zero-order chi connectivity index (χ0) is 13.8. The molecule has 0 bridgehead atoms. The second kappa shape index (κ2) is 6.36. The number of alkyl halides is 6. The first-order chi connectivity index (χ1) is 8.34. The Kier molecular flexibility index (Phi) is 5.37. The van der Waals surface area contributed by atoms with E-state index in [1.54, 1.807) is 0 Å². The molecular weight excluding hydrogens is 321 g/mol. The lowest BCUT2D eigenvalue weighted by Gasteiger charge is -2.23. The summed E-state index contributed by atoms with van der Waals surface area (Å²) in [4.78, 5) is 1.33. The lowest BCUT2D eigenvalue weighted by Crippen LogP contribution is -2.30. The molecule has 0 saturated carbocycles. The third-order valence-electron chi connectivity index (χ3n) is 2.27. The number of benzene rings is 1. The molecule has 0 aromatic heterocycles. The van der Waals surface area contributed by atoms with Gasteiger partial charge in [-0.15, -0.1) is 0 Å². The molecule has 0 radical (unpaired) electrons. The fourth-order valence-electron chi connectivity index (χ4n) is 1.46. The highest BCUT2D eigenvalue weighted by atomic mass is 79.9. The van der Waals surface area contributed by atoms with Crippen LogP contribution in [-0.4, -0.2) is 24.8 Å².